The maximum absolute atomic E-state index is 12.5. The zero-order chi connectivity index (χ0) is 25.8. The third-order valence-electron chi connectivity index (χ3n) is 4.31. The molecule has 0 aliphatic rings. The minimum Gasteiger partial charge on any atom is -0.481 e. The summed E-state index contributed by atoms with van der Waals surface area (Å²) < 4.78 is 67.1. The van der Waals surface area contributed by atoms with Crippen molar-refractivity contribution in [3.05, 3.63) is 0 Å². The molecule has 0 aromatic heterocycles. The fraction of sp³-hybridized carbons (Fsp3) is 0.812. The SMILES string of the molecule is CCOC(=O)OCCC(OS(=O)(=O)CCCNC(C)=O)C(C)(C)[C@H](C(=O)O)[PH](=O)O[PH](=O)O. The Labute approximate surface area is 193 Å². The average molecular weight is 539 g/mol. The molecule has 0 saturated carbocycles. The Morgan fingerprint density at radius 1 is 1.15 bits per heavy atom. The highest BCUT2D eigenvalue weighted by molar-refractivity contribution is 7.86. The van der Waals surface area contributed by atoms with Crippen LogP contribution in [0.5, 0.6) is 0 Å². The number of carbonyl (C=O) groups excluding carboxylic acids is 2. The molecule has 0 bridgehead atoms. The lowest BCUT2D eigenvalue weighted by Gasteiger charge is -2.37. The van der Waals surface area contributed by atoms with Crippen LogP contribution in [-0.4, -0.2) is 73.7 Å². The number of rotatable bonds is 16. The highest BCUT2D eigenvalue weighted by Crippen LogP contribution is 2.49. The van der Waals surface area contributed by atoms with Crippen LogP contribution in [0, 0.1) is 5.41 Å². The third kappa shape index (κ3) is 12.5. The third-order valence-corrected chi connectivity index (χ3v) is 8.59. The summed E-state index contributed by atoms with van der Waals surface area (Å²) in [5, 5.41) is 12.0. The van der Waals surface area contributed by atoms with Gasteiger partial charge in [-0.25, -0.2) is 4.79 Å². The normalized spacial score (nSPS) is 15.7. The molecule has 1 amide bonds. The quantitative estimate of drug-likeness (QED) is 0.109. The first-order valence-corrected chi connectivity index (χ1v) is 14.0. The van der Waals surface area contributed by atoms with Crippen molar-refractivity contribution in [2.75, 3.05) is 25.5 Å². The molecule has 0 saturated heterocycles. The van der Waals surface area contributed by atoms with Gasteiger partial charge in [0.1, 0.15) is 5.66 Å². The number of aliphatic carboxylic acids is 1. The van der Waals surface area contributed by atoms with E-state index in [2.05, 4.69) is 14.4 Å². The van der Waals surface area contributed by atoms with Gasteiger partial charge in [0.2, 0.25) is 13.9 Å². The van der Waals surface area contributed by atoms with Gasteiger partial charge < -0.3 is 24.8 Å². The number of hydrogen-bond acceptors (Lipinski definition) is 11. The first kappa shape index (κ1) is 31.5. The van der Waals surface area contributed by atoms with Gasteiger partial charge in [0.05, 0.1) is 25.1 Å². The monoisotopic (exact) mass is 539 g/mol. The first-order valence-electron chi connectivity index (χ1n) is 9.76. The molecule has 0 aromatic rings. The number of carboxylic acids is 1. The molecule has 0 radical (unpaired) electrons. The number of carbonyl (C=O) groups is 3. The van der Waals surface area contributed by atoms with E-state index < -0.39 is 68.1 Å². The van der Waals surface area contributed by atoms with E-state index in [0.29, 0.717) is 0 Å². The predicted molar refractivity (Wildman–Crippen MR) is 116 cm³/mol. The van der Waals surface area contributed by atoms with E-state index in [4.69, 9.17) is 13.8 Å². The lowest BCUT2D eigenvalue weighted by molar-refractivity contribution is -0.140. The summed E-state index contributed by atoms with van der Waals surface area (Å²) in [5.74, 6) is -2.57. The summed E-state index contributed by atoms with van der Waals surface area (Å²) in [5.41, 5.74) is -3.65. The van der Waals surface area contributed by atoms with Gasteiger partial charge in [-0.2, -0.15) is 8.42 Å². The molecular weight excluding hydrogens is 508 g/mol. The molecule has 3 N–H and O–H groups in total. The average Bonchev–Trinajstić information content (AvgIpc) is 2.63. The smallest absolute Gasteiger partial charge is 0.481 e. The largest absolute Gasteiger partial charge is 0.508 e. The second kappa shape index (κ2) is 14.7. The van der Waals surface area contributed by atoms with Crippen molar-refractivity contribution in [1.82, 2.24) is 5.32 Å². The summed E-state index contributed by atoms with van der Waals surface area (Å²) in [6, 6.07) is 0. The van der Waals surface area contributed by atoms with Gasteiger partial charge in [0.25, 0.3) is 10.1 Å². The lowest BCUT2D eigenvalue weighted by Crippen LogP contribution is -2.46. The van der Waals surface area contributed by atoms with Crippen LogP contribution in [-0.2, 0) is 46.8 Å². The highest BCUT2D eigenvalue weighted by Gasteiger charge is 2.48. The van der Waals surface area contributed by atoms with Crippen LogP contribution in [0.2, 0.25) is 0 Å². The second-order valence-electron chi connectivity index (χ2n) is 7.28. The first-order chi connectivity index (χ1) is 15.1. The van der Waals surface area contributed by atoms with Gasteiger partial charge in [-0.15, -0.1) is 0 Å². The van der Waals surface area contributed by atoms with Crippen LogP contribution < -0.4 is 5.32 Å². The van der Waals surface area contributed by atoms with Crippen molar-refractivity contribution in [3.8, 4) is 0 Å². The minimum absolute atomic E-state index is 0.0110. The van der Waals surface area contributed by atoms with Crippen LogP contribution in [0.15, 0.2) is 0 Å². The van der Waals surface area contributed by atoms with Gasteiger partial charge in [-0.3, -0.25) is 27.2 Å². The molecule has 0 rings (SSSR count). The predicted octanol–water partition coefficient (Wildman–Crippen LogP) is 1.14. The van der Waals surface area contributed by atoms with Crippen molar-refractivity contribution >= 4 is 44.4 Å². The molecule has 0 fully saturated rings. The van der Waals surface area contributed by atoms with Crippen LogP contribution in [0.3, 0.4) is 0 Å². The number of carboxylic acid groups (broad SMARTS) is 1. The summed E-state index contributed by atoms with van der Waals surface area (Å²) in [4.78, 5) is 43.0. The molecular formula is C16H31NO13P2S. The van der Waals surface area contributed by atoms with Gasteiger partial charge in [-0.05, 0) is 13.3 Å². The van der Waals surface area contributed by atoms with Crippen molar-refractivity contribution in [1.29, 1.82) is 0 Å². The topological polar surface area (TPSA) is 209 Å². The Kier molecular flexibility index (Phi) is 14.0. The Morgan fingerprint density at radius 2 is 1.76 bits per heavy atom. The molecule has 0 aliphatic carbocycles. The zero-order valence-electron chi connectivity index (χ0n) is 18.7. The van der Waals surface area contributed by atoms with E-state index in [1.54, 1.807) is 0 Å². The van der Waals surface area contributed by atoms with Crippen molar-refractivity contribution in [2.24, 2.45) is 5.41 Å². The summed E-state index contributed by atoms with van der Waals surface area (Å²) in [6.45, 7) is 4.88. The van der Waals surface area contributed by atoms with Crippen LogP contribution in [0.25, 0.3) is 0 Å². The maximum Gasteiger partial charge on any atom is 0.508 e. The molecule has 4 atom stereocenters. The zero-order valence-corrected chi connectivity index (χ0v) is 21.5. The molecule has 0 heterocycles. The molecule has 194 valence electrons. The minimum atomic E-state index is -4.28. The number of ether oxygens (including phenoxy) is 2. The Balaban J connectivity index is 5.73. The van der Waals surface area contributed by atoms with Gasteiger partial charge in [0, 0.05) is 25.3 Å². The Hall–Kier alpha value is -1.50. The second-order valence-corrected chi connectivity index (χ2v) is 11.6. The van der Waals surface area contributed by atoms with E-state index in [0.717, 1.165) is 0 Å². The Morgan fingerprint density at radius 3 is 2.24 bits per heavy atom. The number of hydrogen-bond donors (Lipinski definition) is 3. The van der Waals surface area contributed by atoms with E-state index in [-0.39, 0.29) is 31.9 Å². The lowest BCUT2D eigenvalue weighted by atomic mass is 9.81. The van der Waals surface area contributed by atoms with Crippen LogP contribution in [0.1, 0.15) is 40.5 Å². The number of nitrogens with one attached hydrogen (secondary N) is 1. The molecule has 3 unspecified atom stereocenters. The van der Waals surface area contributed by atoms with Gasteiger partial charge >= 0.3 is 20.4 Å². The molecule has 17 heteroatoms. The van der Waals surface area contributed by atoms with Crippen molar-refractivity contribution in [2.45, 2.75) is 52.3 Å². The summed E-state index contributed by atoms with van der Waals surface area (Å²) in [6.07, 6.45) is -2.89. The molecule has 0 aromatic carbocycles. The van der Waals surface area contributed by atoms with Crippen molar-refractivity contribution < 1.29 is 59.9 Å². The summed E-state index contributed by atoms with van der Waals surface area (Å²) in [7, 11) is -11.7. The van der Waals surface area contributed by atoms with Gasteiger partial charge in [-0.1, -0.05) is 13.8 Å². The summed E-state index contributed by atoms with van der Waals surface area (Å²) >= 11 is 0. The van der Waals surface area contributed by atoms with E-state index >= 15 is 0 Å². The van der Waals surface area contributed by atoms with E-state index in [1.807, 2.05) is 0 Å². The van der Waals surface area contributed by atoms with E-state index in [9.17, 15) is 37.0 Å². The molecule has 14 nitrogen and oxygen atoms in total. The highest BCUT2D eigenvalue weighted by atomic mass is 32.2. The Bertz CT molecular complexity index is 830. The fourth-order valence-corrected chi connectivity index (χ4v) is 6.19. The maximum atomic E-state index is 12.5. The molecule has 0 aliphatic heterocycles. The fourth-order valence-electron chi connectivity index (χ4n) is 2.75. The van der Waals surface area contributed by atoms with Gasteiger partial charge in [0.15, 0.2) is 0 Å². The van der Waals surface area contributed by atoms with Crippen LogP contribution in [0.4, 0.5) is 4.79 Å². The molecule has 0 spiro atoms. The van der Waals surface area contributed by atoms with E-state index in [1.165, 1.54) is 27.7 Å². The number of amides is 1. The standard InChI is InChI=1S/C16H31NO13P2S/c1-5-27-15(21)28-9-7-12(29-33(25,26)10-6-8-17-11(2)18)16(3,4)13(14(19)20)31(22)30-32(23)24/h12-13,31-32H,5-10H2,1-4H3,(H,17,18)(H,19,20)(H,23,24)/t12?,13-/m0/s1. The van der Waals surface area contributed by atoms with Crippen molar-refractivity contribution in [3.63, 3.8) is 0 Å². The van der Waals surface area contributed by atoms with Crippen LogP contribution >= 0.6 is 16.3 Å². The molecule has 33 heavy (non-hydrogen) atoms.